The van der Waals surface area contributed by atoms with Crippen LogP contribution in [0.3, 0.4) is 0 Å². The summed E-state index contributed by atoms with van der Waals surface area (Å²) < 4.78 is 14.4. The minimum Gasteiger partial charge on any atom is -0.508 e. The van der Waals surface area contributed by atoms with Crippen LogP contribution in [0.15, 0.2) is 208 Å². The van der Waals surface area contributed by atoms with E-state index in [1.807, 2.05) is 60.7 Å². The molecule has 0 saturated carbocycles. The molecular formula is C53H50O7. The predicted molar refractivity (Wildman–Crippen MR) is 237 cm³/mol. The van der Waals surface area contributed by atoms with Crippen LogP contribution >= 0.6 is 0 Å². The number of ether oxygens (including phenoxy) is 2. The number of carbonyl (C=O) groups is 1. The van der Waals surface area contributed by atoms with Crippen LogP contribution in [0.5, 0.6) is 23.0 Å². The van der Waals surface area contributed by atoms with Crippen molar-refractivity contribution in [2.45, 2.75) is 47.7 Å². The SMILES string of the molecule is C=CCC(CC=C)(c1ccccc1)C(OC(=O)OC(c1ccc(O)cc1)(c1ccc(O)cc1)C(CC=C)(CC=C)c1ccccc1)(c1ccc(O)cc1)c1ccc(O)cc1. The van der Waals surface area contributed by atoms with E-state index in [2.05, 4.69) is 26.3 Å². The van der Waals surface area contributed by atoms with Crippen molar-refractivity contribution in [1.82, 2.24) is 0 Å². The molecule has 0 amide bonds. The Balaban J connectivity index is 1.75. The summed E-state index contributed by atoms with van der Waals surface area (Å²) in [7, 11) is 0. The van der Waals surface area contributed by atoms with Gasteiger partial charge in [-0.3, -0.25) is 0 Å². The van der Waals surface area contributed by atoms with Crippen molar-refractivity contribution in [2.75, 3.05) is 0 Å². The second-order valence-electron chi connectivity index (χ2n) is 14.9. The number of allylic oxidation sites excluding steroid dienone is 4. The molecule has 4 N–H and O–H groups in total. The summed E-state index contributed by atoms with van der Waals surface area (Å²) in [5, 5.41) is 42.5. The Labute approximate surface area is 352 Å². The molecule has 0 aliphatic heterocycles. The quantitative estimate of drug-likeness (QED) is 0.0505. The second kappa shape index (κ2) is 18.1. The molecule has 0 unspecified atom stereocenters. The van der Waals surface area contributed by atoms with E-state index in [-0.39, 0.29) is 48.7 Å². The number of hydrogen-bond acceptors (Lipinski definition) is 7. The van der Waals surface area contributed by atoms with Crippen LogP contribution in [0.1, 0.15) is 59.1 Å². The molecule has 304 valence electrons. The standard InChI is InChI=1S/C53H50O7/c1-5-35-50(36-6-2,39-15-11-9-12-16-39)52(41-19-27-45(54)28-20-41,42-21-29-46(55)30-22-42)59-49(58)60-53(43-23-31-47(56)32-24-43,44-25-33-48(57)34-26-44)51(37-7-3,38-8-4)40-17-13-10-14-18-40/h5-34,54-57H,1-4,35-38H2. The van der Waals surface area contributed by atoms with Gasteiger partial charge in [0.2, 0.25) is 0 Å². The van der Waals surface area contributed by atoms with Crippen LogP contribution in [0.25, 0.3) is 0 Å². The third-order valence-corrected chi connectivity index (χ3v) is 11.5. The first-order valence-electron chi connectivity index (χ1n) is 19.7. The smallest absolute Gasteiger partial charge is 0.508 e. The summed E-state index contributed by atoms with van der Waals surface area (Å²) in [6, 6.07) is 45.2. The highest BCUT2D eigenvalue weighted by molar-refractivity contribution is 5.67. The zero-order valence-electron chi connectivity index (χ0n) is 33.5. The van der Waals surface area contributed by atoms with Gasteiger partial charge in [0.25, 0.3) is 0 Å². The molecule has 0 aliphatic rings. The number of carbonyl (C=O) groups excluding carboxylic acids is 1. The average Bonchev–Trinajstić information content (AvgIpc) is 3.26. The molecular weight excluding hydrogens is 749 g/mol. The normalized spacial score (nSPS) is 11.9. The number of phenolic OH excluding ortho intramolecular Hbond substituents is 4. The number of benzene rings is 6. The maximum absolute atomic E-state index is 15.9. The third-order valence-electron chi connectivity index (χ3n) is 11.5. The van der Waals surface area contributed by atoms with Crippen molar-refractivity contribution < 1.29 is 34.7 Å². The van der Waals surface area contributed by atoms with Gasteiger partial charge in [0.15, 0.2) is 11.2 Å². The van der Waals surface area contributed by atoms with Crippen LogP contribution in [-0.2, 0) is 31.5 Å². The van der Waals surface area contributed by atoms with E-state index in [0.29, 0.717) is 22.3 Å². The van der Waals surface area contributed by atoms with Gasteiger partial charge in [-0.15, -0.1) is 26.3 Å². The Bertz CT molecular complexity index is 2100. The number of aromatic hydroxyl groups is 4. The molecule has 0 aliphatic carbocycles. The lowest BCUT2D eigenvalue weighted by Gasteiger charge is -2.53. The minimum absolute atomic E-state index is 0.00106. The Morgan fingerprint density at radius 2 is 0.617 bits per heavy atom. The largest absolute Gasteiger partial charge is 0.510 e. The van der Waals surface area contributed by atoms with Crippen molar-refractivity contribution in [1.29, 1.82) is 0 Å². The molecule has 0 saturated heterocycles. The molecule has 6 aromatic carbocycles. The van der Waals surface area contributed by atoms with Gasteiger partial charge in [0.1, 0.15) is 23.0 Å². The molecule has 0 atom stereocenters. The lowest BCUT2D eigenvalue weighted by molar-refractivity contribution is -0.110. The summed E-state index contributed by atoms with van der Waals surface area (Å²) in [5.74, 6) is -0.00423. The van der Waals surface area contributed by atoms with Crippen molar-refractivity contribution in [3.63, 3.8) is 0 Å². The summed E-state index contributed by atoms with van der Waals surface area (Å²) in [5.41, 5.74) is -2.33. The van der Waals surface area contributed by atoms with E-state index < -0.39 is 28.2 Å². The van der Waals surface area contributed by atoms with Gasteiger partial charge < -0.3 is 29.9 Å². The van der Waals surface area contributed by atoms with Gasteiger partial charge in [-0.05, 0) is 85.3 Å². The molecule has 0 aromatic heterocycles. The maximum atomic E-state index is 15.9. The fourth-order valence-electron chi connectivity index (χ4n) is 9.04. The molecule has 7 nitrogen and oxygen atoms in total. The molecule has 0 spiro atoms. The summed E-state index contributed by atoms with van der Waals surface area (Å²) >= 11 is 0. The molecule has 7 heteroatoms. The second-order valence-corrected chi connectivity index (χ2v) is 14.9. The van der Waals surface area contributed by atoms with Crippen LogP contribution in [0.2, 0.25) is 0 Å². The Hall–Kier alpha value is -7.25. The fraction of sp³-hybridized carbons (Fsp3) is 0.151. The molecule has 0 fully saturated rings. The van der Waals surface area contributed by atoms with Gasteiger partial charge in [-0.25, -0.2) is 4.79 Å². The topological polar surface area (TPSA) is 116 Å². The monoisotopic (exact) mass is 798 g/mol. The van der Waals surface area contributed by atoms with Gasteiger partial charge in [-0.2, -0.15) is 0 Å². The zero-order chi connectivity index (χ0) is 42.8. The first-order valence-corrected chi connectivity index (χ1v) is 19.7. The highest BCUT2D eigenvalue weighted by Crippen LogP contribution is 2.58. The molecule has 0 bridgehead atoms. The van der Waals surface area contributed by atoms with Gasteiger partial charge in [0.05, 0.1) is 10.8 Å². The molecule has 6 rings (SSSR count). The first kappa shape index (κ1) is 42.4. The van der Waals surface area contributed by atoms with Crippen molar-refractivity contribution in [3.8, 4) is 23.0 Å². The number of phenols is 4. The minimum atomic E-state index is -1.77. The fourth-order valence-corrected chi connectivity index (χ4v) is 9.04. The lowest BCUT2D eigenvalue weighted by atomic mass is 9.58. The Kier molecular flexibility index (Phi) is 12.8. The van der Waals surface area contributed by atoms with Crippen molar-refractivity contribution >= 4 is 6.16 Å². The number of rotatable bonds is 18. The van der Waals surface area contributed by atoms with Crippen LogP contribution < -0.4 is 0 Å². The van der Waals surface area contributed by atoms with E-state index in [4.69, 9.17) is 9.47 Å². The van der Waals surface area contributed by atoms with Crippen LogP contribution in [-0.4, -0.2) is 26.6 Å². The van der Waals surface area contributed by atoms with Gasteiger partial charge >= 0.3 is 6.16 Å². The Morgan fingerprint density at radius 3 is 0.833 bits per heavy atom. The van der Waals surface area contributed by atoms with E-state index in [0.717, 1.165) is 11.1 Å². The third kappa shape index (κ3) is 7.58. The zero-order valence-corrected chi connectivity index (χ0v) is 33.5. The highest BCUT2D eigenvalue weighted by Gasteiger charge is 2.60. The first-order chi connectivity index (χ1) is 29.1. The number of hydrogen-bond donors (Lipinski definition) is 4. The van der Waals surface area contributed by atoms with Gasteiger partial charge in [0, 0.05) is 22.3 Å². The summed E-state index contributed by atoms with van der Waals surface area (Å²) in [6.07, 6.45) is 7.05. The summed E-state index contributed by atoms with van der Waals surface area (Å²) in [6.45, 7) is 16.7. The predicted octanol–water partition coefficient (Wildman–Crippen LogP) is 12.0. The van der Waals surface area contributed by atoms with E-state index in [9.17, 15) is 20.4 Å². The van der Waals surface area contributed by atoms with Crippen LogP contribution in [0.4, 0.5) is 4.79 Å². The van der Waals surface area contributed by atoms with E-state index in [1.165, 1.54) is 48.5 Å². The van der Waals surface area contributed by atoms with Crippen LogP contribution in [0, 0.1) is 0 Å². The van der Waals surface area contributed by atoms with E-state index in [1.54, 1.807) is 72.8 Å². The van der Waals surface area contributed by atoms with Crippen molar-refractivity contribution in [3.05, 3.63) is 242 Å². The summed E-state index contributed by atoms with van der Waals surface area (Å²) in [4.78, 5) is 15.9. The van der Waals surface area contributed by atoms with Gasteiger partial charge in [-0.1, -0.05) is 133 Å². The Morgan fingerprint density at radius 1 is 0.383 bits per heavy atom. The average molecular weight is 799 g/mol. The van der Waals surface area contributed by atoms with Crippen molar-refractivity contribution in [2.24, 2.45) is 0 Å². The molecule has 6 aromatic rings. The highest BCUT2D eigenvalue weighted by atomic mass is 16.7. The maximum Gasteiger partial charge on any atom is 0.510 e. The van der Waals surface area contributed by atoms with E-state index >= 15 is 4.79 Å². The molecule has 0 radical (unpaired) electrons. The lowest BCUT2D eigenvalue weighted by Crippen LogP contribution is -2.56. The molecule has 0 heterocycles. The molecule has 60 heavy (non-hydrogen) atoms.